The Hall–Kier alpha value is -1.41. The zero-order valence-corrected chi connectivity index (χ0v) is 11.1. The first-order chi connectivity index (χ1) is 8.66. The maximum absolute atomic E-state index is 11.5. The van der Waals surface area contributed by atoms with E-state index in [1.807, 2.05) is 30.3 Å². The van der Waals surface area contributed by atoms with Gasteiger partial charge in [-0.05, 0) is 28.8 Å². The van der Waals surface area contributed by atoms with E-state index in [2.05, 4.69) is 5.32 Å². The molecular formula is C13H12ClNO2P+. The van der Waals surface area contributed by atoms with Crippen LogP contribution < -0.4 is 5.32 Å². The van der Waals surface area contributed by atoms with Gasteiger partial charge in [0, 0.05) is 16.3 Å². The maximum Gasteiger partial charge on any atom is 0.535 e. The minimum atomic E-state index is -2.40. The van der Waals surface area contributed by atoms with Gasteiger partial charge in [-0.3, -0.25) is 0 Å². The molecule has 0 saturated carbocycles. The van der Waals surface area contributed by atoms with Gasteiger partial charge in [0.25, 0.3) is 5.78 Å². The molecule has 0 saturated heterocycles. The number of nitrogens with one attached hydrogen (secondary N) is 1. The second kappa shape index (κ2) is 5.96. The molecule has 2 aromatic rings. The van der Waals surface area contributed by atoms with Crippen LogP contribution in [-0.4, -0.2) is 4.89 Å². The Morgan fingerprint density at radius 1 is 1.11 bits per heavy atom. The van der Waals surface area contributed by atoms with E-state index in [0.717, 1.165) is 5.69 Å². The van der Waals surface area contributed by atoms with Crippen molar-refractivity contribution in [1.82, 2.24) is 0 Å². The lowest BCUT2D eigenvalue weighted by molar-refractivity contribution is 0.494. The van der Waals surface area contributed by atoms with E-state index in [-0.39, 0.29) is 0 Å². The van der Waals surface area contributed by atoms with Crippen LogP contribution in [0.25, 0.3) is 0 Å². The molecule has 0 fully saturated rings. The Bertz CT molecular complexity index is 548. The molecule has 0 aromatic heterocycles. The lowest BCUT2D eigenvalue weighted by Crippen LogP contribution is -2.06. The fraction of sp³-hybridized carbons (Fsp3) is 0.0769. The van der Waals surface area contributed by atoms with E-state index in [9.17, 15) is 9.46 Å². The van der Waals surface area contributed by atoms with Gasteiger partial charge in [0.2, 0.25) is 0 Å². The van der Waals surface area contributed by atoms with Crippen molar-refractivity contribution in [3.8, 4) is 0 Å². The predicted octanol–water partition coefficient (Wildman–Crippen LogP) is 4.19. The van der Waals surface area contributed by atoms with Crippen LogP contribution in [-0.2, 0) is 4.57 Å². The van der Waals surface area contributed by atoms with Gasteiger partial charge in [0.15, 0.2) is 0 Å². The van der Waals surface area contributed by atoms with Crippen LogP contribution in [0.15, 0.2) is 54.6 Å². The number of hydrogen-bond donors (Lipinski definition) is 2. The molecule has 2 rings (SSSR count). The van der Waals surface area contributed by atoms with E-state index < -0.39 is 13.8 Å². The molecule has 92 valence electrons. The van der Waals surface area contributed by atoms with Crippen molar-refractivity contribution in [2.75, 3.05) is 5.32 Å². The number of para-hydroxylation sites is 1. The number of benzene rings is 2. The van der Waals surface area contributed by atoms with E-state index >= 15 is 0 Å². The first-order valence-electron chi connectivity index (χ1n) is 5.39. The van der Waals surface area contributed by atoms with Crippen molar-refractivity contribution < 1.29 is 9.46 Å². The highest BCUT2D eigenvalue weighted by molar-refractivity contribution is 7.38. The smallest absolute Gasteiger partial charge is 0.336 e. The average Bonchev–Trinajstić information content (AvgIpc) is 2.37. The highest BCUT2D eigenvalue weighted by Crippen LogP contribution is 2.38. The second-order valence-electron chi connectivity index (χ2n) is 3.77. The van der Waals surface area contributed by atoms with E-state index in [1.165, 1.54) is 0 Å². The summed E-state index contributed by atoms with van der Waals surface area (Å²) in [4.78, 5) is 9.42. The van der Waals surface area contributed by atoms with Gasteiger partial charge >= 0.3 is 8.03 Å². The zero-order valence-electron chi connectivity index (χ0n) is 9.45. The van der Waals surface area contributed by atoms with Gasteiger partial charge < -0.3 is 5.32 Å². The zero-order chi connectivity index (χ0) is 13.0. The highest BCUT2D eigenvalue weighted by atomic mass is 35.5. The molecule has 0 heterocycles. The molecule has 18 heavy (non-hydrogen) atoms. The van der Waals surface area contributed by atoms with E-state index in [0.29, 0.717) is 10.6 Å². The molecule has 3 nitrogen and oxygen atoms in total. The fourth-order valence-corrected chi connectivity index (χ4v) is 2.51. The Balaban J connectivity index is 2.27. The standard InChI is InChI=1S/C13H11ClNO2P/c14-11-6-4-5-10(9-11)13(18(16)17)15-12-7-2-1-3-8-12/h1-9,13,15H/p+1. The Morgan fingerprint density at radius 2 is 1.83 bits per heavy atom. The monoisotopic (exact) mass is 280 g/mol. The van der Waals surface area contributed by atoms with Crippen LogP contribution in [0.2, 0.25) is 5.02 Å². The first-order valence-corrected chi connectivity index (χ1v) is 7.05. The van der Waals surface area contributed by atoms with Crippen molar-refractivity contribution in [2.24, 2.45) is 0 Å². The molecule has 0 spiro atoms. The van der Waals surface area contributed by atoms with Gasteiger partial charge in [-0.15, -0.1) is 0 Å². The summed E-state index contributed by atoms with van der Waals surface area (Å²) in [5, 5.41) is 3.58. The second-order valence-corrected chi connectivity index (χ2v) is 5.33. The van der Waals surface area contributed by atoms with Crippen molar-refractivity contribution >= 4 is 25.3 Å². The third kappa shape index (κ3) is 3.30. The van der Waals surface area contributed by atoms with Gasteiger partial charge in [-0.2, -0.15) is 4.89 Å². The Morgan fingerprint density at radius 3 is 2.44 bits per heavy atom. The van der Waals surface area contributed by atoms with Crippen LogP contribution in [0.5, 0.6) is 0 Å². The van der Waals surface area contributed by atoms with Gasteiger partial charge in [0.1, 0.15) is 0 Å². The van der Waals surface area contributed by atoms with Crippen molar-refractivity contribution in [3.63, 3.8) is 0 Å². The number of rotatable bonds is 4. The first kappa shape index (κ1) is 13.0. The summed E-state index contributed by atoms with van der Waals surface area (Å²) in [6.45, 7) is 0. The van der Waals surface area contributed by atoms with Crippen LogP contribution >= 0.6 is 19.6 Å². The molecule has 2 aromatic carbocycles. The Labute approximate surface area is 111 Å². The summed E-state index contributed by atoms with van der Waals surface area (Å²) in [6, 6.07) is 16.3. The molecule has 0 radical (unpaired) electrons. The largest absolute Gasteiger partial charge is 0.535 e. The maximum atomic E-state index is 11.5. The third-order valence-corrected chi connectivity index (χ3v) is 3.57. The molecule has 0 aliphatic rings. The lowest BCUT2D eigenvalue weighted by atomic mass is 10.2. The van der Waals surface area contributed by atoms with Crippen LogP contribution in [0.3, 0.4) is 0 Å². The van der Waals surface area contributed by atoms with E-state index in [4.69, 9.17) is 11.6 Å². The highest BCUT2D eigenvalue weighted by Gasteiger charge is 2.30. The molecule has 0 bridgehead atoms. The molecular weight excluding hydrogens is 269 g/mol. The van der Waals surface area contributed by atoms with Crippen LogP contribution in [0, 0.1) is 0 Å². The van der Waals surface area contributed by atoms with E-state index in [1.54, 1.807) is 24.3 Å². The average molecular weight is 281 g/mol. The van der Waals surface area contributed by atoms with Crippen molar-refractivity contribution in [2.45, 2.75) is 5.78 Å². The van der Waals surface area contributed by atoms with Gasteiger partial charge in [-0.1, -0.05) is 41.9 Å². The molecule has 0 aliphatic heterocycles. The minimum Gasteiger partial charge on any atom is -0.336 e. The summed E-state index contributed by atoms with van der Waals surface area (Å²) in [6.07, 6.45) is 0. The summed E-state index contributed by atoms with van der Waals surface area (Å²) < 4.78 is 11.5. The number of hydrogen-bond acceptors (Lipinski definition) is 2. The topological polar surface area (TPSA) is 49.3 Å². The molecule has 0 aliphatic carbocycles. The summed E-state index contributed by atoms with van der Waals surface area (Å²) in [7, 11) is -2.40. The van der Waals surface area contributed by atoms with Gasteiger partial charge in [-0.25, -0.2) is 0 Å². The van der Waals surface area contributed by atoms with Crippen LogP contribution in [0.1, 0.15) is 11.3 Å². The SMILES string of the molecule is O=[P+](O)C(Nc1ccccc1)c1cccc(Cl)c1. The normalized spacial score (nSPS) is 12.9. The van der Waals surface area contributed by atoms with Gasteiger partial charge in [0.05, 0.1) is 0 Å². The molecule has 2 atom stereocenters. The molecule has 2 N–H and O–H groups in total. The molecule has 0 amide bonds. The quantitative estimate of drug-likeness (QED) is 0.826. The summed E-state index contributed by atoms with van der Waals surface area (Å²) in [5.41, 5.74) is 1.48. The molecule has 5 heteroatoms. The van der Waals surface area contributed by atoms with Crippen molar-refractivity contribution in [1.29, 1.82) is 0 Å². The minimum absolute atomic E-state index is 0.546. The number of anilines is 1. The summed E-state index contributed by atoms with van der Waals surface area (Å²) >= 11 is 5.89. The fourth-order valence-electron chi connectivity index (χ4n) is 1.63. The Kier molecular flexibility index (Phi) is 4.32. The lowest BCUT2D eigenvalue weighted by Gasteiger charge is -2.09. The summed E-state index contributed by atoms with van der Waals surface area (Å²) in [5.74, 6) is -0.666. The van der Waals surface area contributed by atoms with Crippen molar-refractivity contribution in [3.05, 3.63) is 65.2 Å². The third-order valence-electron chi connectivity index (χ3n) is 2.46. The van der Waals surface area contributed by atoms with Crippen LogP contribution in [0.4, 0.5) is 5.69 Å². The number of halogens is 1. The molecule has 2 unspecified atom stereocenters. The predicted molar refractivity (Wildman–Crippen MR) is 74.1 cm³/mol.